The monoisotopic (exact) mass is 251 g/mol. The van der Waals surface area contributed by atoms with Gasteiger partial charge in [0.05, 0.1) is 0 Å². The lowest BCUT2D eigenvalue weighted by atomic mass is 10.1. The van der Waals surface area contributed by atoms with Crippen molar-refractivity contribution in [1.82, 2.24) is 10.3 Å². The number of nitrogens with two attached hydrogens (primary N) is 1. The summed E-state index contributed by atoms with van der Waals surface area (Å²) in [6, 6.07) is 3.55. The van der Waals surface area contributed by atoms with E-state index < -0.39 is 23.8 Å². The van der Waals surface area contributed by atoms with Gasteiger partial charge in [0.1, 0.15) is 11.7 Å². The van der Waals surface area contributed by atoms with Gasteiger partial charge in [-0.15, -0.1) is 0 Å². The molecular weight excluding hydrogens is 238 g/mol. The number of hydrogen-bond acceptors (Lipinski definition) is 4. The molecule has 0 fully saturated rings. The molecule has 18 heavy (non-hydrogen) atoms. The molecule has 96 valence electrons. The van der Waals surface area contributed by atoms with E-state index in [2.05, 4.69) is 10.3 Å². The number of primary amides is 1. The molecule has 0 saturated heterocycles. The molecule has 2 amide bonds. The molecule has 0 radical (unpaired) electrons. The van der Waals surface area contributed by atoms with Crippen LogP contribution >= 0.6 is 0 Å². The first-order valence-corrected chi connectivity index (χ1v) is 5.23. The van der Waals surface area contributed by atoms with Crippen molar-refractivity contribution in [2.75, 3.05) is 0 Å². The van der Waals surface area contributed by atoms with Crippen LogP contribution in [0.25, 0.3) is 0 Å². The van der Waals surface area contributed by atoms with E-state index in [9.17, 15) is 14.4 Å². The van der Waals surface area contributed by atoms with E-state index in [1.165, 1.54) is 12.3 Å². The zero-order valence-electron chi connectivity index (χ0n) is 9.50. The minimum atomic E-state index is -1.22. The number of amides is 2. The molecule has 1 aromatic heterocycles. The Labute approximate surface area is 103 Å². The molecule has 0 aliphatic rings. The number of carbonyl (C=O) groups is 3. The first-order valence-electron chi connectivity index (χ1n) is 5.23. The first-order chi connectivity index (χ1) is 8.50. The summed E-state index contributed by atoms with van der Waals surface area (Å²) in [6.45, 7) is 0. The Balaban J connectivity index is 2.64. The van der Waals surface area contributed by atoms with Crippen LogP contribution in [0.1, 0.15) is 23.3 Å². The van der Waals surface area contributed by atoms with Crippen molar-refractivity contribution in [1.29, 1.82) is 0 Å². The highest BCUT2D eigenvalue weighted by Crippen LogP contribution is 2.00. The lowest BCUT2D eigenvalue weighted by Gasteiger charge is -2.13. The van der Waals surface area contributed by atoms with Gasteiger partial charge < -0.3 is 16.2 Å². The highest BCUT2D eigenvalue weighted by atomic mass is 16.4. The molecular formula is C11H13N3O4. The summed E-state index contributed by atoms with van der Waals surface area (Å²) in [7, 11) is 0. The van der Waals surface area contributed by atoms with Crippen LogP contribution in [0.15, 0.2) is 24.4 Å². The third kappa shape index (κ3) is 4.20. The second-order valence-electron chi connectivity index (χ2n) is 3.58. The summed E-state index contributed by atoms with van der Waals surface area (Å²) >= 11 is 0. The number of aromatic nitrogens is 1. The Hall–Kier alpha value is -2.44. The number of rotatable bonds is 6. The lowest BCUT2D eigenvalue weighted by Crippen LogP contribution is -2.41. The van der Waals surface area contributed by atoms with Crippen molar-refractivity contribution in [3.05, 3.63) is 30.1 Å². The van der Waals surface area contributed by atoms with Crippen LogP contribution in [-0.4, -0.2) is 33.9 Å². The highest BCUT2D eigenvalue weighted by Gasteiger charge is 2.21. The zero-order chi connectivity index (χ0) is 13.5. The summed E-state index contributed by atoms with van der Waals surface area (Å²) < 4.78 is 0. The Morgan fingerprint density at radius 1 is 1.39 bits per heavy atom. The van der Waals surface area contributed by atoms with E-state index in [-0.39, 0.29) is 18.5 Å². The third-order valence-electron chi connectivity index (χ3n) is 2.18. The molecule has 0 saturated carbocycles. The fourth-order valence-corrected chi connectivity index (χ4v) is 1.27. The van der Waals surface area contributed by atoms with Gasteiger partial charge in [-0.2, -0.15) is 0 Å². The topological polar surface area (TPSA) is 122 Å². The first kappa shape index (κ1) is 13.6. The molecule has 0 aromatic carbocycles. The van der Waals surface area contributed by atoms with Crippen LogP contribution < -0.4 is 11.1 Å². The van der Waals surface area contributed by atoms with Crippen LogP contribution in [0, 0.1) is 0 Å². The van der Waals surface area contributed by atoms with Gasteiger partial charge in [0.15, 0.2) is 0 Å². The number of carbonyl (C=O) groups excluding carboxylic acids is 2. The van der Waals surface area contributed by atoms with Crippen molar-refractivity contribution in [2.45, 2.75) is 18.9 Å². The maximum Gasteiger partial charge on any atom is 0.326 e. The van der Waals surface area contributed by atoms with Crippen molar-refractivity contribution < 1.29 is 19.5 Å². The number of carboxylic acids is 1. The van der Waals surface area contributed by atoms with Crippen LogP contribution in [-0.2, 0) is 9.59 Å². The molecule has 1 aromatic rings. The van der Waals surface area contributed by atoms with Crippen molar-refractivity contribution >= 4 is 17.8 Å². The molecule has 0 aliphatic carbocycles. The summed E-state index contributed by atoms with van der Waals surface area (Å²) in [4.78, 5) is 36.9. The van der Waals surface area contributed by atoms with Gasteiger partial charge in [0, 0.05) is 12.6 Å². The quantitative estimate of drug-likeness (QED) is 0.630. The predicted octanol–water partition coefficient (Wildman–Crippen LogP) is -0.470. The summed E-state index contributed by atoms with van der Waals surface area (Å²) in [6.07, 6.45) is 1.26. The van der Waals surface area contributed by atoms with Gasteiger partial charge in [-0.1, -0.05) is 6.07 Å². The van der Waals surface area contributed by atoms with Crippen LogP contribution in [0.2, 0.25) is 0 Å². The van der Waals surface area contributed by atoms with E-state index >= 15 is 0 Å². The number of carboxylic acid groups (broad SMARTS) is 1. The molecule has 1 rings (SSSR count). The van der Waals surface area contributed by atoms with E-state index in [4.69, 9.17) is 10.8 Å². The van der Waals surface area contributed by atoms with Crippen LogP contribution in [0.3, 0.4) is 0 Å². The molecule has 0 aliphatic heterocycles. The van der Waals surface area contributed by atoms with Crippen LogP contribution in [0.5, 0.6) is 0 Å². The average molecular weight is 251 g/mol. The standard InChI is InChI=1S/C11H13N3O4/c12-9(15)5-4-8(11(17)18)14-10(16)7-3-1-2-6-13-7/h1-3,6,8H,4-5H2,(H2,12,15)(H,14,16)(H,17,18). The highest BCUT2D eigenvalue weighted by molar-refractivity contribution is 5.95. The molecule has 4 N–H and O–H groups in total. The summed E-state index contributed by atoms with van der Waals surface area (Å²) in [5.74, 6) is -2.44. The van der Waals surface area contributed by atoms with E-state index in [1.54, 1.807) is 12.1 Å². The zero-order valence-corrected chi connectivity index (χ0v) is 9.50. The average Bonchev–Trinajstić information content (AvgIpc) is 2.34. The fourth-order valence-electron chi connectivity index (χ4n) is 1.27. The second kappa shape index (κ2) is 6.33. The minimum absolute atomic E-state index is 0.0523. The van der Waals surface area contributed by atoms with Gasteiger partial charge in [0.2, 0.25) is 5.91 Å². The van der Waals surface area contributed by atoms with Crippen molar-refractivity contribution in [3.63, 3.8) is 0 Å². The molecule has 1 heterocycles. The molecule has 0 bridgehead atoms. The van der Waals surface area contributed by atoms with Gasteiger partial charge in [-0.3, -0.25) is 14.6 Å². The Morgan fingerprint density at radius 2 is 2.11 bits per heavy atom. The number of nitrogens with zero attached hydrogens (tertiary/aromatic N) is 1. The van der Waals surface area contributed by atoms with E-state index in [0.717, 1.165) is 0 Å². The van der Waals surface area contributed by atoms with Gasteiger partial charge in [-0.25, -0.2) is 4.79 Å². The van der Waals surface area contributed by atoms with Gasteiger partial charge in [0.25, 0.3) is 5.91 Å². The Bertz CT molecular complexity index is 447. The summed E-state index contributed by atoms with van der Waals surface area (Å²) in [5.41, 5.74) is 5.04. The molecule has 1 atom stereocenters. The SMILES string of the molecule is NC(=O)CCC(NC(=O)c1ccccn1)C(=O)O. The maximum atomic E-state index is 11.7. The Morgan fingerprint density at radius 3 is 2.61 bits per heavy atom. The van der Waals surface area contributed by atoms with E-state index in [0.29, 0.717) is 0 Å². The van der Waals surface area contributed by atoms with E-state index in [1.807, 2.05) is 0 Å². The summed E-state index contributed by atoms with van der Waals surface area (Å²) in [5, 5.41) is 11.2. The smallest absolute Gasteiger partial charge is 0.326 e. The number of pyridine rings is 1. The molecule has 7 nitrogen and oxygen atoms in total. The van der Waals surface area contributed by atoms with Gasteiger partial charge in [-0.05, 0) is 18.6 Å². The normalized spacial score (nSPS) is 11.6. The Kier molecular flexibility index (Phi) is 4.79. The molecule has 7 heteroatoms. The number of aliphatic carboxylic acids is 1. The second-order valence-corrected chi connectivity index (χ2v) is 3.58. The minimum Gasteiger partial charge on any atom is -0.480 e. The largest absolute Gasteiger partial charge is 0.480 e. The van der Waals surface area contributed by atoms with Crippen LogP contribution in [0.4, 0.5) is 0 Å². The maximum absolute atomic E-state index is 11.7. The number of nitrogens with one attached hydrogen (secondary N) is 1. The fraction of sp³-hybridized carbons (Fsp3) is 0.273. The van der Waals surface area contributed by atoms with Crippen molar-refractivity contribution in [3.8, 4) is 0 Å². The number of hydrogen-bond donors (Lipinski definition) is 3. The predicted molar refractivity (Wildman–Crippen MR) is 61.6 cm³/mol. The van der Waals surface area contributed by atoms with Gasteiger partial charge >= 0.3 is 5.97 Å². The lowest BCUT2D eigenvalue weighted by molar-refractivity contribution is -0.139. The van der Waals surface area contributed by atoms with Crippen molar-refractivity contribution in [2.24, 2.45) is 5.73 Å². The third-order valence-corrected chi connectivity index (χ3v) is 2.18. The molecule has 1 unspecified atom stereocenters. The molecule has 0 spiro atoms.